The van der Waals surface area contributed by atoms with Crippen LogP contribution in [0.1, 0.15) is 168 Å². The molecule has 1 amide bonds. The molecule has 0 aliphatic carbocycles. The third kappa shape index (κ3) is 38.6. The Hall–Kier alpha value is -2.48. The van der Waals surface area contributed by atoms with Gasteiger partial charge in [-0.2, -0.15) is 8.42 Å². The fourth-order valence-corrected chi connectivity index (χ4v) is 6.33. The third-order valence-corrected chi connectivity index (χ3v) is 9.36. The van der Waals surface area contributed by atoms with E-state index in [0.717, 1.165) is 38.5 Å². The van der Waals surface area contributed by atoms with Crippen LogP contribution in [0.3, 0.4) is 0 Å². The highest BCUT2D eigenvalue weighted by Gasteiger charge is 2.24. The highest BCUT2D eigenvalue weighted by Crippen LogP contribution is 2.14. The fraction of sp³-hybridized carbons (Fsp3) is 0.659. The van der Waals surface area contributed by atoms with Crippen LogP contribution in [-0.2, 0) is 14.9 Å². The molecule has 3 N–H and O–H groups in total. The first kappa shape index (κ1) is 48.5. The van der Waals surface area contributed by atoms with Crippen LogP contribution in [-0.4, -0.2) is 41.9 Å². The van der Waals surface area contributed by atoms with E-state index in [1.54, 1.807) is 12.2 Å². The van der Waals surface area contributed by atoms with Crippen molar-refractivity contribution in [2.24, 2.45) is 0 Å². The van der Waals surface area contributed by atoms with Gasteiger partial charge in [0, 0.05) is 6.42 Å². The molecule has 2 unspecified atom stereocenters. The SMILES string of the molecule is CC/C=C\C/C=C\C/C=C\C/C=C\C/C=C\CC(=O)NC(CS(=O)(=O)O)C(O)/C=C/CC/C=C/CCCCCCCCCCCCCCCCC. The molecular weight excluding hydrogens is 655 g/mol. The highest BCUT2D eigenvalue weighted by molar-refractivity contribution is 7.85. The Balaban J connectivity index is 4.09. The van der Waals surface area contributed by atoms with E-state index in [4.69, 9.17) is 0 Å². The average Bonchev–Trinajstić information content (AvgIpc) is 3.09. The molecule has 2 atom stereocenters. The van der Waals surface area contributed by atoms with E-state index in [-0.39, 0.29) is 6.42 Å². The molecule has 0 radical (unpaired) electrons. The van der Waals surface area contributed by atoms with E-state index in [1.807, 2.05) is 12.2 Å². The zero-order valence-electron chi connectivity index (χ0n) is 32.4. The first-order chi connectivity index (χ1) is 24.8. The Morgan fingerprint density at radius 2 is 0.961 bits per heavy atom. The van der Waals surface area contributed by atoms with E-state index in [2.05, 4.69) is 73.8 Å². The van der Waals surface area contributed by atoms with E-state index in [1.165, 1.54) is 102 Å². The van der Waals surface area contributed by atoms with Gasteiger partial charge in [0.05, 0.1) is 17.9 Å². The number of rotatable bonds is 35. The molecule has 0 aliphatic heterocycles. The number of unbranched alkanes of at least 4 members (excludes halogenated alkanes) is 16. The van der Waals surface area contributed by atoms with Gasteiger partial charge in [0.1, 0.15) is 0 Å². The van der Waals surface area contributed by atoms with Gasteiger partial charge in [0.25, 0.3) is 10.1 Å². The summed E-state index contributed by atoms with van der Waals surface area (Å²) in [4.78, 5) is 12.4. The molecule has 0 bridgehead atoms. The second-order valence-corrected chi connectivity index (χ2v) is 15.0. The van der Waals surface area contributed by atoms with Gasteiger partial charge >= 0.3 is 0 Å². The van der Waals surface area contributed by atoms with Crippen molar-refractivity contribution in [3.63, 3.8) is 0 Å². The largest absolute Gasteiger partial charge is 0.387 e. The number of hydrogen-bond donors (Lipinski definition) is 3. The lowest BCUT2D eigenvalue weighted by Gasteiger charge is -2.20. The Bertz CT molecular complexity index is 1120. The highest BCUT2D eigenvalue weighted by atomic mass is 32.2. The number of carbonyl (C=O) groups excluding carboxylic acids is 1. The number of aliphatic hydroxyl groups is 1. The second kappa shape index (κ2) is 37.3. The van der Waals surface area contributed by atoms with Crippen LogP contribution in [0.25, 0.3) is 0 Å². The minimum atomic E-state index is -4.39. The van der Waals surface area contributed by atoms with E-state index in [9.17, 15) is 22.9 Å². The number of hydrogen-bond acceptors (Lipinski definition) is 4. The number of amides is 1. The monoisotopic (exact) mass is 730 g/mol. The molecule has 292 valence electrons. The number of carbonyl (C=O) groups is 1. The summed E-state index contributed by atoms with van der Waals surface area (Å²) in [6, 6.07) is -1.13. The molecule has 0 heterocycles. The topological polar surface area (TPSA) is 104 Å². The standard InChI is InChI=1S/C44H75NO5S/c1-3-5-7-9-11-13-15-17-19-20-21-22-23-24-26-27-29-31-33-35-37-39-43(46)42(41-51(48,49)50)45-44(47)40-38-36-34-32-30-28-25-18-16-14-12-10-8-6-4-2/h6,8,12,14,18,25,29-32,36-39,42-43,46H,3-5,7,9-11,13,15-17,19-24,26-28,33-35,40-41H2,1-2H3,(H,45,47)(H,48,49,50)/b8-6-,14-12-,25-18-,31-29+,32-30-,38-36-,39-37+. The first-order valence-electron chi connectivity index (χ1n) is 20.3. The van der Waals surface area contributed by atoms with Crippen molar-refractivity contribution < 1.29 is 22.9 Å². The molecule has 0 aromatic rings. The average molecular weight is 730 g/mol. The van der Waals surface area contributed by atoms with Crippen LogP contribution in [0, 0.1) is 0 Å². The van der Waals surface area contributed by atoms with Crippen molar-refractivity contribution >= 4 is 16.0 Å². The van der Waals surface area contributed by atoms with Crippen LogP contribution >= 0.6 is 0 Å². The molecule has 0 aromatic carbocycles. The van der Waals surface area contributed by atoms with Crippen molar-refractivity contribution in [2.75, 3.05) is 5.75 Å². The van der Waals surface area contributed by atoms with Gasteiger partial charge in [-0.3, -0.25) is 9.35 Å². The minimum Gasteiger partial charge on any atom is -0.387 e. The smallest absolute Gasteiger partial charge is 0.267 e. The maximum atomic E-state index is 12.4. The lowest BCUT2D eigenvalue weighted by molar-refractivity contribution is -0.121. The maximum Gasteiger partial charge on any atom is 0.267 e. The van der Waals surface area contributed by atoms with Crippen molar-refractivity contribution in [1.82, 2.24) is 5.32 Å². The maximum absolute atomic E-state index is 12.4. The Kier molecular flexibility index (Phi) is 35.5. The van der Waals surface area contributed by atoms with Crippen molar-refractivity contribution in [2.45, 2.75) is 180 Å². The molecular formula is C44H75NO5S. The summed E-state index contributed by atoms with van der Waals surface area (Å²) in [5.41, 5.74) is 0. The van der Waals surface area contributed by atoms with Crippen LogP contribution in [0.15, 0.2) is 85.1 Å². The van der Waals surface area contributed by atoms with Crippen molar-refractivity contribution in [3.05, 3.63) is 85.1 Å². The molecule has 0 saturated carbocycles. The van der Waals surface area contributed by atoms with Crippen LogP contribution < -0.4 is 5.32 Å². The summed E-state index contributed by atoms with van der Waals surface area (Å²) in [7, 11) is -4.39. The van der Waals surface area contributed by atoms with Gasteiger partial charge in [-0.25, -0.2) is 0 Å². The summed E-state index contributed by atoms with van der Waals surface area (Å²) >= 11 is 0. The van der Waals surface area contributed by atoms with Crippen molar-refractivity contribution in [3.8, 4) is 0 Å². The van der Waals surface area contributed by atoms with E-state index < -0.39 is 33.9 Å². The summed E-state index contributed by atoms with van der Waals surface area (Å²) in [5, 5.41) is 13.1. The number of allylic oxidation sites excluding steroid dienone is 12. The summed E-state index contributed by atoms with van der Waals surface area (Å²) in [6.45, 7) is 4.40. The van der Waals surface area contributed by atoms with Crippen LogP contribution in [0.4, 0.5) is 0 Å². The van der Waals surface area contributed by atoms with Gasteiger partial charge in [-0.15, -0.1) is 0 Å². The molecule has 0 aromatic heterocycles. The molecule has 0 fully saturated rings. The first-order valence-corrected chi connectivity index (χ1v) is 21.9. The zero-order chi connectivity index (χ0) is 37.5. The zero-order valence-corrected chi connectivity index (χ0v) is 33.3. The molecule has 0 aliphatic rings. The fourth-order valence-electron chi connectivity index (χ4n) is 5.59. The lowest BCUT2D eigenvalue weighted by Crippen LogP contribution is -2.46. The van der Waals surface area contributed by atoms with Crippen molar-refractivity contribution in [1.29, 1.82) is 0 Å². The summed E-state index contributed by atoms with van der Waals surface area (Å²) < 4.78 is 32.4. The van der Waals surface area contributed by atoms with Gasteiger partial charge in [-0.1, -0.05) is 189 Å². The minimum absolute atomic E-state index is 0.0517. The van der Waals surface area contributed by atoms with Gasteiger partial charge in [0.2, 0.25) is 5.91 Å². The predicted octanol–water partition coefficient (Wildman–Crippen LogP) is 12.0. The van der Waals surface area contributed by atoms with Gasteiger partial charge in [-0.05, 0) is 57.8 Å². The molecule has 51 heavy (non-hydrogen) atoms. The molecule has 6 nitrogen and oxygen atoms in total. The summed E-state index contributed by atoms with van der Waals surface area (Å²) in [5.74, 6) is -1.17. The van der Waals surface area contributed by atoms with E-state index >= 15 is 0 Å². The molecule has 7 heteroatoms. The normalized spacial score (nSPS) is 14.2. The second-order valence-electron chi connectivity index (χ2n) is 13.5. The third-order valence-electron chi connectivity index (χ3n) is 8.58. The van der Waals surface area contributed by atoms with Crippen LogP contribution in [0.5, 0.6) is 0 Å². The van der Waals surface area contributed by atoms with Gasteiger partial charge in [0.15, 0.2) is 0 Å². The number of nitrogens with one attached hydrogen (secondary N) is 1. The van der Waals surface area contributed by atoms with Crippen LogP contribution in [0.2, 0.25) is 0 Å². The molecule has 0 saturated heterocycles. The molecule has 0 spiro atoms. The van der Waals surface area contributed by atoms with E-state index in [0.29, 0.717) is 12.8 Å². The molecule has 0 rings (SSSR count). The predicted molar refractivity (Wildman–Crippen MR) is 220 cm³/mol. The number of aliphatic hydroxyl groups excluding tert-OH is 1. The Labute approximate surface area is 314 Å². The Morgan fingerprint density at radius 3 is 1.43 bits per heavy atom. The Morgan fingerprint density at radius 1 is 0.549 bits per heavy atom. The van der Waals surface area contributed by atoms with Gasteiger partial charge < -0.3 is 10.4 Å². The summed E-state index contributed by atoms with van der Waals surface area (Å²) in [6.07, 6.45) is 54.6. The lowest BCUT2D eigenvalue weighted by atomic mass is 10.0. The quantitative estimate of drug-likeness (QED) is 0.0342.